The minimum Gasteiger partial charge on any atom is -0.482 e. The van der Waals surface area contributed by atoms with Crippen LogP contribution in [-0.2, 0) is 4.79 Å². The number of benzene rings is 2. The fourth-order valence-corrected chi connectivity index (χ4v) is 2.41. The van der Waals surface area contributed by atoms with Gasteiger partial charge in [-0.15, -0.1) is 0 Å². The Bertz CT molecular complexity index is 667. The van der Waals surface area contributed by atoms with Crippen LogP contribution in [0.25, 0.3) is 0 Å². The molecular formula is C16H16N2O2. The minimum absolute atomic E-state index is 0.0657. The molecule has 0 saturated carbocycles. The smallest absolute Gasteiger partial charge is 0.262 e. The van der Waals surface area contributed by atoms with Gasteiger partial charge in [0, 0.05) is 0 Å². The van der Waals surface area contributed by atoms with Gasteiger partial charge in [0.05, 0.1) is 11.7 Å². The van der Waals surface area contributed by atoms with E-state index in [-0.39, 0.29) is 18.6 Å². The summed E-state index contributed by atoms with van der Waals surface area (Å²) in [5, 5.41) is 2.80. The standard InChI is InChI=1S/C16H16N2O2/c1-10-4-2-3-5-12(10)16(17)11-6-7-14-13(8-11)18-15(19)9-20-14/h2-8,16H,9,17H2,1H3,(H,18,19). The van der Waals surface area contributed by atoms with E-state index in [0.29, 0.717) is 11.4 Å². The van der Waals surface area contributed by atoms with Crippen LogP contribution in [0.3, 0.4) is 0 Å². The number of rotatable bonds is 2. The first kappa shape index (κ1) is 12.7. The summed E-state index contributed by atoms with van der Waals surface area (Å²) in [5.41, 5.74) is 10.2. The van der Waals surface area contributed by atoms with Crippen LogP contribution < -0.4 is 15.8 Å². The van der Waals surface area contributed by atoms with Crippen molar-refractivity contribution in [2.75, 3.05) is 11.9 Å². The van der Waals surface area contributed by atoms with Gasteiger partial charge in [-0.2, -0.15) is 0 Å². The Hall–Kier alpha value is -2.33. The maximum Gasteiger partial charge on any atom is 0.262 e. The number of aryl methyl sites for hydroxylation is 1. The largest absolute Gasteiger partial charge is 0.482 e. The fraction of sp³-hybridized carbons (Fsp3) is 0.188. The zero-order chi connectivity index (χ0) is 14.1. The van der Waals surface area contributed by atoms with Gasteiger partial charge in [0.25, 0.3) is 5.91 Å². The van der Waals surface area contributed by atoms with E-state index < -0.39 is 0 Å². The van der Waals surface area contributed by atoms with Crippen molar-refractivity contribution < 1.29 is 9.53 Å². The minimum atomic E-state index is -0.222. The number of nitrogens with two attached hydrogens (primary N) is 1. The molecule has 0 fully saturated rings. The lowest BCUT2D eigenvalue weighted by Gasteiger charge is -2.21. The summed E-state index contributed by atoms with van der Waals surface area (Å²) in [4.78, 5) is 11.4. The van der Waals surface area contributed by atoms with Crippen molar-refractivity contribution in [3.63, 3.8) is 0 Å². The van der Waals surface area contributed by atoms with Crippen LogP contribution >= 0.6 is 0 Å². The van der Waals surface area contributed by atoms with Crippen molar-refractivity contribution in [1.82, 2.24) is 0 Å². The zero-order valence-corrected chi connectivity index (χ0v) is 11.2. The number of carbonyl (C=O) groups is 1. The highest BCUT2D eigenvalue weighted by molar-refractivity contribution is 5.95. The van der Waals surface area contributed by atoms with Gasteiger partial charge in [0.1, 0.15) is 5.75 Å². The first-order valence-corrected chi connectivity index (χ1v) is 6.53. The molecule has 1 unspecified atom stereocenters. The van der Waals surface area contributed by atoms with Gasteiger partial charge in [0.2, 0.25) is 0 Å². The molecule has 3 N–H and O–H groups in total. The van der Waals surface area contributed by atoms with E-state index in [1.165, 1.54) is 0 Å². The van der Waals surface area contributed by atoms with Crippen LogP contribution in [0.15, 0.2) is 42.5 Å². The second kappa shape index (κ2) is 4.98. The van der Waals surface area contributed by atoms with Crippen LogP contribution in [0.1, 0.15) is 22.7 Å². The number of fused-ring (bicyclic) bond motifs is 1. The third kappa shape index (κ3) is 2.26. The number of carbonyl (C=O) groups excluding carboxylic acids is 1. The summed E-state index contributed by atoms with van der Waals surface area (Å²) >= 11 is 0. The van der Waals surface area contributed by atoms with Gasteiger partial charge in [-0.25, -0.2) is 0 Å². The molecule has 2 aromatic carbocycles. The second-order valence-corrected chi connectivity index (χ2v) is 4.93. The summed E-state index contributed by atoms with van der Waals surface area (Å²) in [6.45, 7) is 2.11. The van der Waals surface area contributed by atoms with Crippen molar-refractivity contribution in [3.05, 3.63) is 59.2 Å². The van der Waals surface area contributed by atoms with E-state index >= 15 is 0 Å². The van der Waals surface area contributed by atoms with E-state index in [9.17, 15) is 4.79 Å². The Balaban J connectivity index is 1.97. The topological polar surface area (TPSA) is 64.3 Å². The predicted octanol–water partition coefficient (Wildman–Crippen LogP) is 2.37. The molecule has 0 bridgehead atoms. The normalized spacial score (nSPS) is 15.0. The third-order valence-corrected chi connectivity index (χ3v) is 3.52. The summed E-state index contributed by atoms with van der Waals surface area (Å²) in [6.07, 6.45) is 0. The highest BCUT2D eigenvalue weighted by atomic mass is 16.5. The first-order chi connectivity index (χ1) is 9.65. The predicted molar refractivity (Wildman–Crippen MR) is 77.8 cm³/mol. The summed E-state index contributed by atoms with van der Waals surface area (Å²) < 4.78 is 5.35. The Kier molecular flexibility index (Phi) is 3.16. The summed E-state index contributed by atoms with van der Waals surface area (Å²) in [7, 11) is 0. The average molecular weight is 268 g/mol. The molecule has 1 heterocycles. The number of hydrogen-bond acceptors (Lipinski definition) is 3. The van der Waals surface area contributed by atoms with Crippen molar-refractivity contribution in [3.8, 4) is 5.75 Å². The number of ether oxygens (including phenoxy) is 1. The number of amides is 1. The van der Waals surface area contributed by atoms with E-state index in [1.54, 1.807) is 0 Å². The van der Waals surface area contributed by atoms with Crippen LogP contribution in [0, 0.1) is 6.92 Å². The Morgan fingerprint density at radius 1 is 1.25 bits per heavy atom. The van der Waals surface area contributed by atoms with E-state index in [0.717, 1.165) is 16.7 Å². The molecule has 4 nitrogen and oxygen atoms in total. The van der Waals surface area contributed by atoms with Gasteiger partial charge >= 0.3 is 0 Å². The molecule has 1 aliphatic rings. The molecule has 20 heavy (non-hydrogen) atoms. The summed E-state index contributed by atoms with van der Waals surface area (Å²) in [5.74, 6) is 0.546. The lowest BCUT2D eigenvalue weighted by atomic mass is 9.95. The van der Waals surface area contributed by atoms with Crippen LogP contribution in [0.4, 0.5) is 5.69 Å². The van der Waals surface area contributed by atoms with Crippen LogP contribution in [0.2, 0.25) is 0 Å². The van der Waals surface area contributed by atoms with Gasteiger partial charge in [-0.05, 0) is 35.7 Å². The SMILES string of the molecule is Cc1ccccc1C(N)c1ccc2c(c1)NC(=O)CO2. The molecule has 4 heteroatoms. The van der Waals surface area contributed by atoms with Gasteiger partial charge in [-0.3, -0.25) is 4.79 Å². The third-order valence-electron chi connectivity index (χ3n) is 3.52. The Labute approximate surface area is 117 Å². The lowest BCUT2D eigenvalue weighted by molar-refractivity contribution is -0.118. The second-order valence-electron chi connectivity index (χ2n) is 4.93. The molecule has 0 radical (unpaired) electrons. The highest BCUT2D eigenvalue weighted by Gasteiger charge is 2.18. The van der Waals surface area contributed by atoms with E-state index in [4.69, 9.17) is 10.5 Å². The summed E-state index contributed by atoms with van der Waals surface area (Å²) in [6, 6.07) is 13.5. The first-order valence-electron chi connectivity index (χ1n) is 6.53. The number of nitrogens with one attached hydrogen (secondary N) is 1. The maximum absolute atomic E-state index is 11.4. The Morgan fingerprint density at radius 3 is 2.85 bits per heavy atom. The monoisotopic (exact) mass is 268 g/mol. The molecular weight excluding hydrogens is 252 g/mol. The highest BCUT2D eigenvalue weighted by Crippen LogP contribution is 2.32. The molecule has 0 saturated heterocycles. The molecule has 102 valence electrons. The molecule has 3 rings (SSSR count). The zero-order valence-electron chi connectivity index (χ0n) is 11.2. The molecule has 1 atom stereocenters. The molecule has 2 aromatic rings. The van der Waals surface area contributed by atoms with Crippen LogP contribution in [-0.4, -0.2) is 12.5 Å². The quantitative estimate of drug-likeness (QED) is 0.879. The van der Waals surface area contributed by atoms with Crippen molar-refractivity contribution in [2.45, 2.75) is 13.0 Å². The van der Waals surface area contributed by atoms with E-state index in [2.05, 4.69) is 5.32 Å². The van der Waals surface area contributed by atoms with Crippen LogP contribution in [0.5, 0.6) is 5.75 Å². The average Bonchev–Trinajstić information content (AvgIpc) is 2.46. The molecule has 0 spiro atoms. The molecule has 1 amide bonds. The number of anilines is 1. The maximum atomic E-state index is 11.4. The van der Waals surface area contributed by atoms with Gasteiger partial charge in [-0.1, -0.05) is 30.3 Å². The Morgan fingerprint density at radius 2 is 2.05 bits per heavy atom. The molecule has 1 aliphatic heterocycles. The van der Waals surface area contributed by atoms with E-state index in [1.807, 2.05) is 49.4 Å². The van der Waals surface area contributed by atoms with Gasteiger partial charge < -0.3 is 15.8 Å². The number of hydrogen-bond donors (Lipinski definition) is 2. The van der Waals surface area contributed by atoms with Crippen molar-refractivity contribution in [2.24, 2.45) is 5.73 Å². The van der Waals surface area contributed by atoms with Crippen molar-refractivity contribution in [1.29, 1.82) is 0 Å². The molecule has 0 aromatic heterocycles. The fourth-order valence-electron chi connectivity index (χ4n) is 2.41. The van der Waals surface area contributed by atoms with Crippen molar-refractivity contribution >= 4 is 11.6 Å². The van der Waals surface area contributed by atoms with Gasteiger partial charge in [0.15, 0.2) is 6.61 Å². The molecule has 0 aliphatic carbocycles. The lowest BCUT2D eigenvalue weighted by Crippen LogP contribution is -2.25.